The molecule has 0 rings (SSSR count). The van der Waals surface area contributed by atoms with E-state index in [-0.39, 0.29) is 11.5 Å². The molecule has 0 saturated carbocycles. The molecular weight excluding hydrogens is 304 g/mol. The van der Waals surface area contributed by atoms with Crippen molar-refractivity contribution in [1.82, 2.24) is 9.44 Å². The molecular formula is C11H24N2O5S2. The third-order valence-electron chi connectivity index (χ3n) is 2.53. The molecule has 0 fully saturated rings. The molecule has 0 aliphatic rings. The first-order chi connectivity index (χ1) is 9.22. The van der Waals surface area contributed by atoms with Gasteiger partial charge in [0.05, 0.1) is 11.5 Å². The number of amides is 2. The van der Waals surface area contributed by atoms with E-state index >= 15 is 0 Å². The molecule has 2 amide bonds. The number of carbonyl (C=O) groups is 1. The van der Waals surface area contributed by atoms with Gasteiger partial charge in [0.25, 0.3) is 0 Å². The minimum absolute atomic E-state index is 0.190. The monoisotopic (exact) mass is 328 g/mol. The SMILES string of the molecule is CCCCCS(=O)(=O)NC(=O)NS(=O)(=O)CCCCC. The lowest BCUT2D eigenvalue weighted by atomic mass is 10.3. The van der Waals surface area contributed by atoms with E-state index in [1.165, 1.54) is 0 Å². The number of nitrogens with one attached hydrogen (secondary N) is 2. The summed E-state index contributed by atoms with van der Waals surface area (Å²) in [5.74, 6) is -0.381. The van der Waals surface area contributed by atoms with Gasteiger partial charge >= 0.3 is 6.03 Å². The zero-order valence-electron chi connectivity index (χ0n) is 12.0. The lowest BCUT2D eigenvalue weighted by Gasteiger charge is -2.09. The molecule has 20 heavy (non-hydrogen) atoms. The van der Waals surface area contributed by atoms with E-state index in [9.17, 15) is 21.6 Å². The average molecular weight is 328 g/mol. The van der Waals surface area contributed by atoms with Crippen molar-refractivity contribution in [3.63, 3.8) is 0 Å². The first-order valence-electron chi connectivity index (χ1n) is 6.77. The van der Waals surface area contributed by atoms with E-state index in [1.54, 1.807) is 9.44 Å². The van der Waals surface area contributed by atoms with Crippen molar-refractivity contribution in [2.75, 3.05) is 11.5 Å². The average Bonchev–Trinajstić information content (AvgIpc) is 2.27. The van der Waals surface area contributed by atoms with Crippen molar-refractivity contribution in [1.29, 1.82) is 0 Å². The second kappa shape index (κ2) is 9.17. The zero-order valence-corrected chi connectivity index (χ0v) is 13.6. The van der Waals surface area contributed by atoms with Crippen LogP contribution in [-0.4, -0.2) is 34.4 Å². The maximum absolute atomic E-state index is 11.5. The van der Waals surface area contributed by atoms with Gasteiger partial charge in [-0.2, -0.15) is 0 Å². The first-order valence-corrected chi connectivity index (χ1v) is 10.1. The fourth-order valence-corrected chi connectivity index (χ4v) is 3.59. The summed E-state index contributed by atoms with van der Waals surface area (Å²) < 4.78 is 49.4. The largest absolute Gasteiger partial charge is 0.342 e. The van der Waals surface area contributed by atoms with Crippen molar-refractivity contribution in [2.24, 2.45) is 0 Å². The molecule has 0 aromatic rings. The molecule has 0 aliphatic heterocycles. The van der Waals surface area contributed by atoms with Gasteiger partial charge in [0.1, 0.15) is 0 Å². The third kappa shape index (κ3) is 10.0. The highest BCUT2D eigenvalue weighted by atomic mass is 32.2. The van der Waals surface area contributed by atoms with E-state index in [4.69, 9.17) is 0 Å². The van der Waals surface area contributed by atoms with Crippen LogP contribution in [0.2, 0.25) is 0 Å². The number of hydrogen-bond acceptors (Lipinski definition) is 5. The first kappa shape index (κ1) is 19.2. The van der Waals surface area contributed by atoms with Crippen LogP contribution >= 0.6 is 0 Å². The number of unbranched alkanes of at least 4 members (excludes halogenated alkanes) is 4. The Morgan fingerprint density at radius 1 is 0.750 bits per heavy atom. The summed E-state index contributed by atoms with van der Waals surface area (Å²) in [6, 6.07) is -1.21. The lowest BCUT2D eigenvalue weighted by Crippen LogP contribution is -2.43. The molecule has 7 nitrogen and oxygen atoms in total. The summed E-state index contributed by atoms with van der Waals surface area (Å²) in [5, 5.41) is 0. The van der Waals surface area contributed by atoms with Crippen LogP contribution in [0.1, 0.15) is 52.4 Å². The summed E-state index contributed by atoms with van der Waals surface area (Å²) in [6.07, 6.45) is 4.04. The molecule has 0 aliphatic carbocycles. The predicted octanol–water partition coefficient (Wildman–Crippen LogP) is 1.33. The molecule has 0 unspecified atom stereocenters. The van der Waals surface area contributed by atoms with E-state index < -0.39 is 26.1 Å². The summed E-state index contributed by atoms with van der Waals surface area (Å²) in [6.45, 7) is 3.85. The second-order valence-electron chi connectivity index (χ2n) is 4.59. The normalized spacial score (nSPS) is 12.1. The van der Waals surface area contributed by atoms with Crippen LogP contribution in [0.25, 0.3) is 0 Å². The molecule has 120 valence electrons. The second-order valence-corrected chi connectivity index (χ2v) is 8.27. The highest BCUT2D eigenvalue weighted by molar-refractivity contribution is 7.91. The van der Waals surface area contributed by atoms with Crippen LogP contribution in [-0.2, 0) is 20.0 Å². The van der Waals surface area contributed by atoms with E-state index in [2.05, 4.69) is 0 Å². The van der Waals surface area contributed by atoms with Gasteiger partial charge in [-0.3, -0.25) is 0 Å². The Hall–Kier alpha value is -0.830. The van der Waals surface area contributed by atoms with Gasteiger partial charge in [-0.05, 0) is 12.8 Å². The van der Waals surface area contributed by atoms with Gasteiger partial charge in [-0.25, -0.2) is 31.1 Å². The van der Waals surface area contributed by atoms with Crippen molar-refractivity contribution < 1.29 is 21.6 Å². The number of urea groups is 1. The van der Waals surface area contributed by atoms with Crippen LogP contribution in [0.3, 0.4) is 0 Å². The Bertz CT molecular complexity index is 441. The van der Waals surface area contributed by atoms with Crippen LogP contribution in [0.5, 0.6) is 0 Å². The van der Waals surface area contributed by atoms with Crippen LogP contribution < -0.4 is 9.44 Å². The number of rotatable bonds is 10. The molecule has 0 heterocycles. The minimum atomic E-state index is -3.78. The van der Waals surface area contributed by atoms with Gasteiger partial charge in [0.2, 0.25) is 20.0 Å². The summed E-state index contributed by atoms with van der Waals surface area (Å²) >= 11 is 0. The number of sulfonamides is 2. The summed E-state index contributed by atoms with van der Waals surface area (Å²) in [7, 11) is -7.55. The maximum atomic E-state index is 11.5. The molecule has 0 aromatic carbocycles. The fourth-order valence-electron chi connectivity index (χ4n) is 1.49. The third-order valence-corrected chi connectivity index (χ3v) is 5.17. The molecule has 0 bridgehead atoms. The van der Waals surface area contributed by atoms with Gasteiger partial charge in [-0.1, -0.05) is 39.5 Å². The van der Waals surface area contributed by atoms with Crippen LogP contribution in [0.4, 0.5) is 4.79 Å². The summed E-state index contributed by atoms with van der Waals surface area (Å²) in [4.78, 5) is 11.4. The molecule has 0 radical (unpaired) electrons. The standard InChI is InChI=1S/C11H24N2O5S2/c1-3-5-7-9-19(15,16)12-11(14)13-20(17,18)10-8-6-4-2/h3-10H2,1-2H3,(H2,12,13,14). The van der Waals surface area contributed by atoms with Crippen molar-refractivity contribution in [2.45, 2.75) is 52.4 Å². The van der Waals surface area contributed by atoms with E-state index in [0.717, 1.165) is 25.7 Å². The lowest BCUT2D eigenvalue weighted by molar-refractivity contribution is 0.250. The topological polar surface area (TPSA) is 109 Å². The van der Waals surface area contributed by atoms with Crippen LogP contribution in [0.15, 0.2) is 0 Å². The van der Waals surface area contributed by atoms with Crippen molar-refractivity contribution in [3.8, 4) is 0 Å². The summed E-state index contributed by atoms with van der Waals surface area (Å²) in [5.41, 5.74) is 0. The Morgan fingerprint density at radius 3 is 1.40 bits per heavy atom. The maximum Gasteiger partial charge on any atom is 0.342 e. The molecule has 9 heteroatoms. The Morgan fingerprint density at radius 2 is 1.10 bits per heavy atom. The van der Waals surface area contributed by atoms with E-state index in [0.29, 0.717) is 12.8 Å². The number of hydrogen-bond donors (Lipinski definition) is 2. The highest BCUT2D eigenvalue weighted by Crippen LogP contribution is 1.99. The Labute approximate surface area is 121 Å². The van der Waals surface area contributed by atoms with Crippen LogP contribution in [0, 0.1) is 0 Å². The Kier molecular flexibility index (Phi) is 8.79. The van der Waals surface area contributed by atoms with E-state index in [1.807, 2.05) is 13.8 Å². The van der Waals surface area contributed by atoms with Gasteiger partial charge < -0.3 is 0 Å². The fraction of sp³-hybridized carbons (Fsp3) is 0.909. The quantitative estimate of drug-likeness (QED) is 0.588. The number of carbonyl (C=O) groups excluding carboxylic acids is 1. The highest BCUT2D eigenvalue weighted by Gasteiger charge is 2.19. The zero-order chi connectivity index (χ0) is 15.6. The minimum Gasteiger partial charge on any atom is -0.247 e. The molecule has 0 spiro atoms. The molecule has 0 aromatic heterocycles. The van der Waals surface area contributed by atoms with Crippen molar-refractivity contribution >= 4 is 26.1 Å². The molecule has 0 atom stereocenters. The smallest absolute Gasteiger partial charge is 0.247 e. The van der Waals surface area contributed by atoms with Gasteiger partial charge in [-0.15, -0.1) is 0 Å². The van der Waals surface area contributed by atoms with Gasteiger partial charge in [0.15, 0.2) is 0 Å². The molecule has 2 N–H and O–H groups in total. The predicted molar refractivity (Wildman–Crippen MR) is 78.3 cm³/mol. The molecule has 0 saturated heterocycles. The van der Waals surface area contributed by atoms with Gasteiger partial charge in [0, 0.05) is 0 Å². The Balaban J connectivity index is 4.27. The van der Waals surface area contributed by atoms with Crippen molar-refractivity contribution in [3.05, 3.63) is 0 Å².